The molecule has 14 atom stereocenters. The fourth-order valence-electron chi connectivity index (χ4n) is 13.7. The zero-order valence-corrected chi connectivity index (χ0v) is 59.1. The van der Waals surface area contributed by atoms with Gasteiger partial charge in [0.05, 0.1) is 5.60 Å². The van der Waals surface area contributed by atoms with Gasteiger partial charge in [0.25, 0.3) is 0 Å². The first-order valence-electron chi connectivity index (χ1n) is 33.3. The lowest BCUT2D eigenvalue weighted by molar-refractivity contribution is -0.154. The molecule has 0 aliphatic heterocycles. The highest BCUT2D eigenvalue weighted by Gasteiger charge is 2.62. The number of esters is 3. The van der Waals surface area contributed by atoms with E-state index >= 15 is 0 Å². The van der Waals surface area contributed by atoms with Gasteiger partial charge < -0.3 is 28.9 Å². The number of fused-ring (bicyclic) bond motifs is 7. The fourth-order valence-corrected chi connectivity index (χ4v) is 13.7. The highest BCUT2D eigenvalue weighted by Crippen LogP contribution is 2.66. The normalized spacial score (nSPS) is 27.8. The van der Waals surface area contributed by atoms with Crippen LogP contribution in [0, 0.1) is 64.1 Å². The van der Waals surface area contributed by atoms with Crippen LogP contribution in [0.15, 0.2) is 120 Å². The first kappa shape index (κ1) is 78.9. The van der Waals surface area contributed by atoms with Crippen molar-refractivity contribution in [2.75, 3.05) is 0 Å². The predicted octanol–water partition coefficient (Wildman–Crippen LogP) is 19.7. The van der Waals surface area contributed by atoms with Crippen molar-refractivity contribution in [2.24, 2.45) is 64.1 Å². The molecule has 7 aliphatic carbocycles. The van der Waals surface area contributed by atoms with Crippen molar-refractivity contribution >= 4 is 30.5 Å². The van der Waals surface area contributed by atoms with Crippen molar-refractivity contribution in [3.8, 4) is 0 Å². The van der Waals surface area contributed by atoms with E-state index in [1.165, 1.54) is 99.1 Å². The number of ether oxygens (including phenoxy) is 3. The third-order valence-corrected chi connectivity index (χ3v) is 20.1. The smallest absolute Gasteiger partial charge is 0.303 e. The van der Waals surface area contributed by atoms with Crippen molar-refractivity contribution < 1.29 is 43.3 Å². The number of carbonyl (C=O) groups excluding carboxylic acids is 5. The minimum Gasteiger partial charge on any atom is -0.462 e. The standard InChI is InChI=1S/C14H20O.C12H16O2.2C12H20O2.C10H18O.C10H16.C9H14O/c1-11(10-15)9-12-5-7-13(8-6-12)14(2,3)4;1-7(13)14-12-6-8-5-11(12)10-4-2-3-9(8)10;1-8(13)14-10-7-9-5-6-12(10,4)11(9,2)3;1-6-12(5,14-11(4)13)9-7-8-10(2)3;1-5-10(4,11)8-6-7-9(2)3;1-8(2)10-6-4-9(3)5-7-10;1-7-3-4-9(6-10)8(2)5-7/h5-8,10-11H,9H2,1-4H3;2,4,8-12H,3,5-6H2,1H3;9-10H,5-7H2,1-4H3;6,8H,1,7,9H2,2-5H3;5,7,11H,1,6,8H2,2-4H3;4,10H,1,5-7H2,2-3H3;5-6,8-9H,3-4H2,1-2H3. The van der Waals surface area contributed by atoms with Gasteiger partial charge in [0, 0.05) is 43.9 Å². The number of allylic oxidation sites excluding steroid dienone is 11. The second-order valence-corrected chi connectivity index (χ2v) is 29.8. The zero-order valence-electron chi connectivity index (χ0n) is 59.1. The third kappa shape index (κ3) is 26.4. The molecule has 4 bridgehead atoms. The van der Waals surface area contributed by atoms with Crippen LogP contribution in [-0.2, 0) is 50.0 Å². The van der Waals surface area contributed by atoms with Gasteiger partial charge in [-0.25, -0.2) is 0 Å². The largest absolute Gasteiger partial charge is 0.462 e. The Bertz CT molecular complexity index is 2570. The first-order chi connectivity index (χ1) is 40.9. The van der Waals surface area contributed by atoms with Crippen LogP contribution in [0.4, 0.5) is 0 Å². The van der Waals surface area contributed by atoms with E-state index in [-0.39, 0.29) is 52.8 Å². The summed E-state index contributed by atoms with van der Waals surface area (Å²) in [5.74, 6) is 4.94. The Morgan fingerprint density at radius 1 is 0.750 bits per heavy atom. The van der Waals surface area contributed by atoms with Crippen LogP contribution in [0.5, 0.6) is 0 Å². The molecule has 0 saturated heterocycles. The summed E-state index contributed by atoms with van der Waals surface area (Å²) in [6.07, 6.45) is 36.7. The molecule has 0 spiro atoms. The maximum absolute atomic E-state index is 11.0. The zero-order chi connectivity index (χ0) is 67.0. The number of aliphatic hydroxyl groups is 1. The SMILES string of the molecule is C=C(C)C1CC=C(C)CC1.C=CC(C)(CCC=C(C)C)OC(C)=O.C=CC(C)(O)CCC=C(C)C.CC(=O)OC1CC2CC1C1C=CCC21.CC(=O)OC1CC2CCC1(C)C2(C)C.CC(C=O)Cc1ccc(C(C)(C)C)cc1.CC1=CC(C)C(C=O)CC1. The van der Waals surface area contributed by atoms with E-state index in [1.54, 1.807) is 24.6 Å². The van der Waals surface area contributed by atoms with Gasteiger partial charge >= 0.3 is 17.9 Å². The first-order valence-corrected chi connectivity index (χ1v) is 33.3. The number of rotatable bonds is 16. The van der Waals surface area contributed by atoms with E-state index in [9.17, 15) is 29.1 Å². The van der Waals surface area contributed by atoms with Gasteiger partial charge in [-0.05, 0) is 229 Å². The van der Waals surface area contributed by atoms with Crippen molar-refractivity contribution in [1.82, 2.24) is 0 Å². The van der Waals surface area contributed by atoms with Crippen LogP contribution in [0.1, 0.15) is 246 Å². The van der Waals surface area contributed by atoms with Gasteiger partial charge in [-0.15, -0.1) is 6.58 Å². The number of benzene rings is 1. The van der Waals surface area contributed by atoms with Crippen molar-refractivity contribution in [3.05, 3.63) is 132 Å². The third-order valence-electron chi connectivity index (χ3n) is 20.1. The summed E-state index contributed by atoms with van der Waals surface area (Å²) < 4.78 is 16.0. The number of carbonyl (C=O) groups is 5. The molecule has 88 heavy (non-hydrogen) atoms. The molecule has 8 rings (SSSR count). The summed E-state index contributed by atoms with van der Waals surface area (Å²) in [5.41, 5.74) is 9.01. The van der Waals surface area contributed by atoms with Crippen molar-refractivity contribution in [3.63, 3.8) is 0 Å². The molecular formula is C79H124O9. The molecule has 7 aliphatic rings. The Balaban J connectivity index is 0.000000352. The minimum atomic E-state index is -0.702. The van der Waals surface area contributed by atoms with Crippen LogP contribution in [0.2, 0.25) is 0 Å². The summed E-state index contributed by atoms with van der Waals surface area (Å²) in [6.45, 7) is 51.7. The van der Waals surface area contributed by atoms with E-state index in [4.69, 9.17) is 14.2 Å². The number of hydrogen-bond donors (Lipinski definition) is 1. The van der Waals surface area contributed by atoms with Gasteiger partial charge in [0.1, 0.15) is 30.4 Å². The Morgan fingerprint density at radius 3 is 1.78 bits per heavy atom. The summed E-state index contributed by atoms with van der Waals surface area (Å²) >= 11 is 0. The molecule has 9 nitrogen and oxygen atoms in total. The van der Waals surface area contributed by atoms with E-state index in [2.05, 4.69) is 177 Å². The molecule has 0 radical (unpaired) electrons. The van der Waals surface area contributed by atoms with Gasteiger partial charge in [-0.3, -0.25) is 14.4 Å². The molecule has 1 N–H and O–H groups in total. The molecule has 4 saturated carbocycles. The summed E-state index contributed by atoms with van der Waals surface area (Å²) in [4.78, 5) is 53.7. The maximum atomic E-state index is 11.0. The quantitative estimate of drug-likeness (QED) is 0.0743. The Kier molecular flexibility index (Phi) is 32.9. The molecular weight excluding hydrogens is 1090 g/mol. The molecule has 1 aromatic carbocycles. The molecule has 4 fully saturated rings. The lowest BCUT2D eigenvalue weighted by Crippen LogP contribution is -2.37. The van der Waals surface area contributed by atoms with Gasteiger partial charge in [0.15, 0.2) is 0 Å². The molecule has 0 heterocycles. The van der Waals surface area contributed by atoms with E-state index in [0.717, 1.165) is 99.9 Å². The van der Waals surface area contributed by atoms with Gasteiger partial charge in [-0.2, -0.15) is 0 Å². The second-order valence-electron chi connectivity index (χ2n) is 29.8. The fraction of sp³-hybridized carbons (Fsp3) is 0.658. The van der Waals surface area contributed by atoms with Crippen LogP contribution in [-0.4, -0.2) is 59.0 Å². The second kappa shape index (κ2) is 36.6. The van der Waals surface area contributed by atoms with Crippen LogP contribution in [0.25, 0.3) is 0 Å². The minimum absolute atomic E-state index is 0.110. The Hall–Kier alpha value is -5.15. The summed E-state index contributed by atoms with van der Waals surface area (Å²) in [7, 11) is 0. The number of aldehydes is 2. The molecule has 1 aromatic rings. The topological polar surface area (TPSA) is 133 Å². The van der Waals surface area contributed by atoms with E-state index in [1.807, 2.05) is 13.8 Å². The van der Waals surface area contributed by atoms with Crippen molar-refractivity contribution in [2.45, 2.75) is 270 Å². The Labute approximate surface area is 536 Å². The summed E-state index contributed by atoms with van der Waals surface area (Å²) in [5, 5.41) is 9.49. The van der Waals surface area contributed by atoms with E-state index in [0.29, 0.717) is 17.3 Å². The molecule has 9 heteroatoms. The predicted molar refractivity (Wildman–Crippen MR) is 368 cm³/mol. The van der Waals surface area contributed by atoms with Crippen LogP contribution in [0.3, 0.4) is 0 Å². The Morgan fingerprint density at radius 2 is 1.34 bits per heavy atom. The molecule has 0 aromatic heterocycles. The maximum Gasteiger partial charge on any atom is 0.303 e. The van der Waals surface area contributed by atoms with E-state index < -0.39 is 11.2 Å². The van der Waals surface area contributed by atoms with Gasteiger partial charge in [0.2, 0.25) is 0 Å². The average Bonchev–Trinajstić information content (AvgIpc) is 1.72. The molecule has 494 valence electrons. The number of hydrogen-bond acceptors (Lipinski definition) is 9. The lowest BCUT2D eigenvalue weighted by Gasteiger charge is -2.38. The molecule has 14 unspecified atom stereocenters. The molecule has 0 amide bonds. The highest BCUT2D eigenvalue weighted by molar-refractivity contribution is 5.67. The van der Waals surface area contributed by atoms with Crippen LogP contribution >= 0.6 is 0 Å². The van der Waals surface area contributed by atoms with Gasteiger partial charge in [-0.1, -0.05) is 163 Å². The van der Waals surface area contributed by atoms with Crippen molar-refractivity contribution in [1.29, 1.82) is 0 Å². The lowest BCUT2D eigenvalue weighted by atomic mass is 9.70. The average molecular weight is 1220 g/mol. The highest BCUT2D eigenvalue weighted by atomic mass is 16.6. The summed E-state index contributed by atoms with van der Waals surface area (Å²) in [6, 6.07) is 8.57. The van der Waals surface area contributed by atoms with Crippen LogP contribution < -0.4 is 0 Å². The monoisotopic (exact) mass is 1220 g/mol.